The van der Waals surface area contributed by atoms with E-state index in [-0.39, 0.29) is 5.04 Å². The number of hydrogen-bond acceptors (Lipinski definition) is 3. The smallest absolute Gasteiger partial charge is 0.192 e. The van der Waals surface area contributed by atoms with Gasteiger partial charge in [-0.05, 0) is 36.6 Å². The fourth-order valence-electron chi connectivity index (χ4n) is 2.86. The minimum atomic E-state index is -1.65. The van der Waals surface area contributed by atoms with Gasteiger partial charge in [-0.3, -0.25) is 0 Å². The van der Waals surface area contributed by atoms with Gasteiger partial charge in [-0.15, -0.1) is 5.54 Å². The number of nitrogens with zero attached hydrogens (tertiary/aromatic N) is 4. The van der Waals surface area contributed by atoms with E-state index < -0.39 is 8.07 Å². The quantitative estimate of drug-likeness (QED) is 0.187. The molecule has 0 atom stereocenters. The van der Waals surface area contributed by atoms with E-state index in [1.54, 1.807) is 0 Å². The van der Waals surface area contributed by atoms with Crippen LogP contribution in [0.5, 0.6) is 0 Å². The highest BCUT2D eigenvalue weighted by Gasteiger charge is 2.33. The summed E-state index contributed by atoms with van der Waals surface area (Å²) in [5.41, 5.74) is 9.72. The number of aryl methyl sites for hydroxylation is 3. The van der Waals surface area contributed by atoms with E-state index in [9.17, 15) is 0 Å². The highest BCUT2D eigenvalue weighted by atomic mass is 127. The molecule has 3 aromatic rings. The molecule has 0 saturated heterocycles. The van der Waals surface area contributed by atoms with Crippen LogP contribution in [0.2, 0.25) is 18.1 Å². The predicted octanol–water partition coefficient (Wildman–Crippen LogP) is 5.65. The fraction of sp³-hybridized carbons (Fsp3) is 0.409. The van der Waals surface area contributed by atoms with E-state index in [4.69, 9.17) is 0 Å². The lowest BCUT2D eigenvalue weighted by Gasteiger charge is -2.31. The standard InChI is InChI=1S/C22H27IN4Si/c1-14-11-16(9-10-28(7,8)22(3,4)5)24-13-18(14)19-12-17-15(2)25-21(23)26-20(17)27(19)6/h11-13H,1-8H3. The molecule has 0 saturated carbocycles. The van der Waals surface area contributed by atoms with Gasteiger partial charge in [0.15, 0.2) is 3.83 Å². The lowest BCUT2D eigenvalue weighted by Crippen LogP contribution is -2.35. The van der Waals surface area contributed by atoms with E-state index in [0.717, 1.165) is 37.5 Å². The third kappa shape index (κ3) is 3.87. The van der Waals surface area contributed by atoms with E-state index >= 15 is 0 Å². The highest BCUT2D eigenvalue weighted by molar-refractivity contribution is 14.1. The average Bonchev–Trinajstić information content (AvgIpc) is 2.89. The Morgan fingerprint density at radius 3 is 2.39 bits per heavy atom. The molecule has 3 rings (SSSR count). The van der Waals surface area contributed by atoms with Crippen molar-refractivity contribution in [2.24, 2.45) is 7.05 Å². The van der Waals surface area contributed by atoms with Gasteiger partial charge in [-0.1, -0.05) is 39.8 Å². The molecule has 6 heteroatoms. The SMILES string of the molecule is Cc1cc(C#C[Si](C)(C)C(C)(C)C)ncc1-c1cc2c(C)nc(I)nc2n1C. The maximum absolute atomic E-state index is 4.65. The number of fused-ring (bicyclic) bond motifs is 1. The molecular formula is C22H27IN4Si. The Balaban J connectivity index is 2.04. The largest absolute Gasteiger partial charge is 0.328 e. The van der Waals surface area contributed by atoms with Crippen molar-refractivity contribution >= 4 is 41.7 Å². The van der Waals surface area contributed by atoms with Crippen molar-refractivity contribution in [3.63, 3.8) is 0 Å². The van der Waals surface area contributed by atoms with E-state index in [2.05, 4.69) is 106 Å². The van der Waals surface area contributed by atoms with Crippen LogP contribution < -0.4 is 0 Å². The molecule has 0 aliphatic rings. The summed E-state index contributed by atoms with van der Waals surface area (Å²) in [6, 6.07) is 4.25. The lowest BCUT2D eigenvalue weighted by atomic mass is 10.1. The minimum Gasteiger partial charge on any atom is -0.328 e. The molecule has 0 unspecified atom stereocenters. The van der Waals surface area contributed by atoms with Crippen molar-refractivity contribution < 1.29 is 0 Å². The lowest BCUT2D eigenvalue weighted by molar-refractivity contribution is 0.731. The highest BCUT2D eigenvalue weighted by Crippen LogP contribution is 2.35. The summed E-state index contributed by atoms with van der Waals surface area (Å²) < 4.78 is 2.89. The maximum atomic E-state index is 4.65. The summed E-state index contributed by atoms with van der Waals surface area (Å²) in [6.45, 7) is 15.6. The number of halogens is 1. The molecule has 0 amide bonds. The number of pyridine rings is 1. The number of hydrogen-bond donors (Lipinski definition) is 0. The van der Waals surface area contributed by atoms with Crippen LogP contribution in [0.4, 0.5) is 0 Å². The summed E-state index contributed by atoms with van der Waals surface area (Å²) in [5, 5.41) is 1.33. The summed E-state index contributed by atoms with van der Waals surface area (Å²) >= 11 is 2.17. The molecule has 4 nitrogen and oxygen atoms in total. The zero-order chi connectivity index (χ0) is 20.9. The molecule has 0 bridgehead atoms. The monoisotopic (exact) mass is 502 g/mol. The summed E-state index contributed by atoms with van der Waals surface area (Å²) in [7, 11) is 0.400. The molecule has 146 valence electrons. The van der Waals surface area contributed by atoms with E-state index in [0.29, 0.717) is 0 Å². The van der Waals surface area contributed by atoms with Crippen LogP contribution in [-0.4, -0.2) is 27.6 Å². The van der Waals surface area contributed by atoms with Crippen molar-refractivity contribution in [1.82, 2.24) is 19.5 Å². The third-order valence-corrected chi connectivity index (χ3v) is 10.8. The van der Waals surface area contributed by atoms with Crippen molar-refractivity contribution in [3.8, 4) is 22.7 Å². The molecule has 0 radical (unpaired) electrons. The second kappa shape index (κ2) is 7.27. The van der Waals surface area contributed by atoms with Crippen LogP contribution in [0.15, 0.2) is 18.3 Å². The Kier molecular flexibility index (Phi) is 5.45. The summed E-state index contributed by atoms with van der Waals surface area (Å²) in [6.07, 6.45) is 1.94. The molecule has 0 aliphatic carbocycles. The van der Waals surface area contributed by atoms with E-state index in [1.807, 2.05) is 20.2 Å². The first-order valence-corrected chi connectivity index (χ1v) is 13.5. The van der Waals surface area contributed by atoms with Crippen LogP contribution in [0.1, 0.15) is 37.7 Å². The molecule has 0 N–H and O–H groups in total. The zero-order valence-electron chi connectivity index (χ0n) is 17.9. The number of aromatic nitrogens is 4. The Hall–Kier alpha value is -1.72. The van der Waals surface area contributed by atoms with Crippen LogP contribution in [0, 0.1) is 29.1 Å². The first-order chi connectivity index (χ1) is 12.9. The predicted molar refractivity (Wildman–Crippen MR) is 128 cm³/mol. The first-order valence-electron chi connectivity index (χ1n) is 9.40. The molecule has 3 aromatic heterocycles. The number of rotatable bonds is 1. The van der Waals surface area contributed by atoms with Crippen LogP contribution in [0.25, 0.3) is 22.3 Å². The van der Waals surface area contributed by atoms with Crippen molar-refractivity contribution in [3.05, 3.63) is 39.1 Å². The summed E-state index contributed by atoms with van der Waals surface area (Å²) in [4.78, 5) is 13.7. The van der Waals surface area contributed by atoms with Gasteiger partial charge >= 0.3 is 0 Å². The van der Waals surface area contributed by atoms with E-state index in [1.165, 1.54) is 5.56 Å². The van der Waals surface area contributed by atoms with Gasteiger partial charge in [0.2, 0.25) is 0 Å². The van der Waals surface area contributed by atoms with Gasteiger partial charge in [-0.2, -0.15) is 0 Å². The maximum Gasteiger partial charge on any atom is 0.192 e. The van der Waals surface area contributed by atoms with Crippen LogP contribution in [0.3, 0.4) is 0 Å². The Morgan fingerprint density at radius 2 is 1.79 bits per heavy atom. The van der Waals surface area contributed by atoms with Crippen LogP contribution >= 0.6 is 22.6 Å². The van der Waals surface area contributed by atoms with Gasteiger partial charge < -0.3 is 4.57 Å². The van der Waals surface area contributed by atoms with Gasteiger partial charge in [0.05, 0.1) is 11.4 Å². The molecule has 28 heavy (non-hydrogen) atoms. The molecule has 0 spiro atoms. The second-order valence-corrected chi connectivity index (χ2v) is 14.9. The van der Waals surface area contributed by atoms with Crippen LogP contribution in [-0.2, 0) is 7.05 Å². The topological polar surface area (TPSA) is 43.6 Å². The Bertz CT molecular complexity index is 1130. The molecular weight excluding hydrogens is 475 g/mol. The van der Waals surface area contributed by atoms with Gasteiger partial charge in [0, 0.05) is 46.8 Å². The molecule has 3 heterocycles. The average molecular weight is 502 g/mol. The normalized spacial score (nSPS) is 12.2. The third-order valence-electron chi connectivity index (χ3n) is 5.81. The fourth-order valence-corrected chi connectivity index (χ4v) is 4.27. The molecule has 0 aliphatic heterocycles. The second-order valence-electron chi connectivity index (χ2n) is 8.91. The Morgan fingerprint density at radius 1 is 1.11 bits per heavy atom. The van der Waals surface area contributed by atoms with Crippen molar-refractivity contribution in [1.29, 1.82) is 0 Å². The van der Waals surface area contributed by atoms with Crippen molar-refractivity contribution in [2.45, 2.75) is 52.8 Å². The van der Waals surface area contributed by atoms with Gasteiger partial charge in [-0.25, -0.2) is 15.0 Å². The molecule has 0 fully saturated rings. The van der Waals surface area contributed by atoms with Crippen molar-refractivity contribution in [2.75, 3.05) is 0 Å². The van der Waals surface area contributed by atoms with Gasteiger partial charge in [0.1, 0.15) is 19.4 Å². The zero-order valence-corrected chi connectivity index (χ0v) is 21.1. The summed E-state index contributed by atoms with van der Waals surface area (Å²) in [5.74, 6) is 3.34. The first kappa shape index (κ1) is 21.0. The minimum absolute atomic E-state index is 0.245. The molecule has 0 aromatic carbocycles. The van der Waals surface area contributed by atoms with Gasteiger partial charge in [0.25, 0.3) is 0 Å². The Labute approximate surface area is 182 Å².